The molecule has 0 amide bonds. The first-order valence-corrected chi connectivity index (χ1v) is 5.34. The number of para-hydroxylation sites is 1. The number of carbonyl (C=O) groups excluding carboxylic acids is 1. The normalized spacial score (nSPS) is 10.9. The van der Waals surface area contributed by atoms with Crippen molar-refractivity contribution in [3.63, 3.8) is 0 Å². The molecule has 1 aromatic carbocycles. The van der Waals surface area contributed by atoms with Gasteiger partial charge >= 0.3 is 0 Å². The zero-order chi connectivity index (χ0) is 11.5. The molecule has 0 saturated heterocycles. The van der Waals surface area contributed by atoms with Crippen molar-refractivity contribution in [2.75, 3.05) is 13.7 Å². The molecule has 0 aliphatic rings. The molecule has 0 atom stereocenters. The highest BCUT2D eigenvalue weighted by Crippen LogP contribution is 2.24. The number of halogens is 1. The Labute approximate surface area is 98.6 Å². The summed E-state index contributed by atoms with van der Waals surface area (Å²) in [6, 6.07) is 7.63. The highest BCUT2D eigenvalue weighted by molar-refractivity contribution is 6.35. The zero-order valence-electron chi connectivity index (χ0n) is 8.94. The number of rotatable bonds is 4. The summed E-state index contributed by atoms with van der Waals surface area (Å²) in [6.07, 6.45) is 1.87. The van der Waals surface area contributed by atoms with Crippen molar-refractivity contribution in [3.05, 3.63) is 35.5 Å². The molecule has 0 N–H and O–H groups in total. The molecule has 2 rings (SSSR count). The molecular formula is C12H12ClNO2. The van der Waals surface area contributed by atoms with Gasteiger partial charge in [-0.25, -0.2) is 0 Å². The van der Waals surface area contributed by atoms with Crippen LogP contribution in [-0.2, 0) is 16.1 Å². The molecule has 0 unspecified atom stereocenters. The van der Waals surface area contributed by atoms with Gasteiger partial charge in [0.1, 0.15) is 6.61 Å². The zero-order valence-corrected chi connectivity index (χ0v) is 9.70. The minimum absolute atomic E-state index is 0.0277. The van der Waals surface area contributed by atoms with E-state index in [0.717, 1.165) is 10.9 Å². The average molecular weight is 238 g/mol. The molecule has 0 spiro atoms. The van der Waals surface area contributed by atoms with Gasteiger partial charge < -0.3 is 9.30 Å². The number of nitrogens with zero attached hydrogens (tertiary/aromatic N) is 1. The maximum Gasteiger partial charge on any atom is 0.178 e. The Morgan fingerprint density at radius 2 is 2.25 bits per heavy atom. The first-order valence-electron chi connectivity index (χ1n) is 4.96. The topological polar surface area (TPSA) is 31.2 Å². The summed E-state index contributed by atoms with van der Waals surface area (Å²) < 4.78 is 6.65. The van der Waals surface area contributed by atoms with Crippen LogP contribution in [0.3, 0.4) is 0 Å². The van der Waals surface area contributed by atoms with E-state index < -0.39 is 0 Å². The van der Waals surface area contributed by atoms with E-state index in [2.05, 4.69) is 0 Å². The number of methoxy groups -OCH3 is 1. The average Bonchev–Trinajstić information content (AvgIpc) is 2.63. The van der Waals surface area contributed by atoms with Gasteiger partial charge in [-0.3, -0.25) is 4.79 Å². The van der Waals surface area contributed by atoms with Crippen LogP contribution < -0.4 is 0 Å². The summed E-state index contributed by atoms with van der Waals surface area (Å²) in [7, 11) is 1.51. The molecular weight excluding hydrogens is 226 g/mol. The fraction of sp³-hybridized carbons (Fsp3) is 0.250. The van der Waals surface area contributed by atoms with Gasteiger partial charge in [0, 0.05) is 18.7 Å². The third-order valence-electron chi connectivity index (χ3n) is 2.39. The lowest BCUT2D eigenvalue weighted by Crippen LogP contribution is -2.14. The van der Waals surface area contributed by atoms with Crippen molar-refractivity contribution in [2.45, 2.75) is 6.54 Å². The summed E-state index contributed by atoms with van der Waals surface area (Å²) in [5, 5.41) is 1.70. The van der Waals surface area contributed by atoms with Gasteiger partial charge in [0.15, 0.2) is 5.78 Å². The number of fused-ring (bicyclic) bond motifs is 1. The Morgan fingerprint density at radius 3 is 3.00 bits per heavy atom. The number of hydrogen-bond acceptors (Lipinski definition) is 2. The Morgan fingerprint density at radius 1 is 1.44 bits per heavy atom. The highest BCUT2D eigenvalue weighted by atomic mass is 35.5. The second-order valence-electron chi connectivity index (χ2n) is 3.59. The second-order valence-corrected chi connectivity index (χ2v) is 4.00. The van der Waals surface area contributed by atoms with Gasteiger partial charge in [-0.1, -0.05) is 23.7 Å². The fourth-order valence-electron chi connectivity index (χ4n) is 1.74. The van der Waals surface area contributed by atoms with Gasteiger partial charge in [-0.2, -0.15) is 0 Å². The van der Waals surface area contributed by atoms with Crippen molar-refractivity contribution >= 4 is 28.3 Å². The van der Waals surface area contributed by atoms with Crippen molar-refractivity contribution in [3.8, 4) is 0 Å². The SMILES string of the molecule is COCC(=O)Cn1ccc2cccc(Cl)c21. The van der Waals surface area contributed by atoms with Gasteiger partial charge in [-0.15, -0.1) is 0 Å². The van der Waals surface area contributed by atoms with Crippen LogP contribution in [-0.4, -0.2) is 24.1 Å². The van der Waals surface area contributed by atoms with Crippen LogP contribution in [0.1, 0.15) is 0 Å². The predicted octanol–water partition coefficient (Wildman–Crippen LogP) is 2.51. The Balaban J connectivity index is 2.34. The maximum absolute atomic E-state index is 11.5. The molecule has 3 nitrogen and oxygen atoms in total. The summed E-state index contributed by atoms with van der Waals surface area (Å²) in [4.78, 5) is 11.5. The molecule has 0 aliphatic heterocycles. The van der Waals surface area contributed by atoms with Gasteiger partial charge in [0.2, 0.25) is 0 Å². The van der Waals surface area contributed by atoms with E-state index >= 15 is 0 Å². The lowest BCUT2D eigenvalue weighted by Gasteiger charge is -2.05. The first kappa shape index (κ1) is 11.2. The van der Waals surface area contributed by atoms with Crippen molar-refractivity contribution in [1.29, 1.82) is 0 Å². The molecule has 0 radical (unpaired) electrons. The molecule has 4 heteroatoms. The number of ketones is 1. The van der Waals surface area contributed by atoms with Crippen LogP contribution in [0.25, 0.3) is 10.9 Å². The molecule has 2 aromatic rings. The van der Waals surface area contributed by atoms with Crippen LogP contribution in [0.15, 0.2) is 30.5 Å². The van der Waals surface area contributed by atoms with Crippen molar-refractivity contribution in [2.24, 2.45) is 0 Å². The van der Waals surface area contributed by atoms with Crippen molar-refractivity contribution < 1.29 is 9.53 Å². The van der Waals surface area contributed by atoms with E-state index in [1.54, 1.807) is 0 Å². The van der Waals surface area contributed by atoms with Gasteiger partial charge in [0.25, 0.3) is 0 Å². The quantitative estimate of drug-likeness (QED) is 0.818. The van der Waals surface area contributed by atoms with E-state index in [1.165, 1.54) is 7.11 Å². The van der Waals surface area contributed by atoms with Crippen LogP contribution in [0.4, 0.5) is 0 Å². The van der Waals surface area contributed by atoms with E-state index in [0.29, 0.717) is 11.6 Å². The van der Waals surface area contributed by atoms with Crippen LogP contribution >= 0.6 is 11.6 Å². The molecule has 1 aromatic heterocycles. The number of benzene rings is 1. The minimum Gasteiger partial charge on any atom is -0.377 e. The van der Waals surface area contributed by atoms with Gasteiger partial charge in [0.05, 0.1) is 17.1 Å². The van der Waals surface area contributed by atoms with Crippen molar-refractivity contribution in [1.82, 2.24) is 4.57 Å². The van der Waals surface area contributed by atoms with E-state index in [4.69, 9.17) is 16.3 Å². The largest absolute Gasteiger partial charge is 0.377 e. The van der Waals surface area contributed by atoms with Crippen LogP contribution in [0.5, 0.6) is 0 Å². The molecule has 0 fully saturated rings. The number of aromatic nitrogens is 1. The predicted molar refractivity (Wildman–Crippen MR) is 63.8 cm³/mol. The minimum atomic E-state index is 0.0277. The van der Waals surface area contributed by atoms with Gasteiger partial charge in [-0.05, 0) is 12.1 Å². The Bertz CT molecular complexity index is 519. The number of carbonyl (C=O) groups is 1. The molecule has 0 bridgehead atoms. The Hall–Kier alpha value is -1.32. The number of hydrogen-bond donors (Lipinski definition) is 0. The van der Waals surface area contributed by atoms with E-state index in [9.17, 15) is 4.79 Å². The van der Waals surface area contributed by atoms with E-state index in [1.807, 2.05) is 35.0 Å². The molecule has 16 heavy (non-hydrogen) atoms. The molecule has 84 valence electrons. The maximum atomic E-state index is 11.5. The highest BCUT2D eigenvalue weighted by Gasteiger charge is 2.08. The van der Waals surface area contributed by atoms with Crippen LogP contribution in [0.2, 0.25) is 5.02 Å². The van der Waals surface area contributed by atoms with Crippen LogP contribution in [0, 0.1) is 0 Å². The lowest BCUT2D eigenvalue weighted by molar-refractivity contribution is -0.123. The number of ether oxygens (including phenoxy) is 1. The molecule has 0 saturated carbocycles. The summed E-state index contributed by atoms with van der Waals surface area (Å²) in [6.45, 7) is 0.422. The smallest absolute Gasteiger partial charge is 0.178 e. The lowest BCUT2D eigenvalue weighted by atomic mass is 10.2. The summed E-state index contributed by atoms with van der Waals surface area (Å²) in [5.74, 6) is 0.0277. The number of Topliss-reactive ketones (excluding diaryl/α,β-unsaturated/α-hetero) is 1. The second kappa shape index (κ2) is 4.68. The molecule has 1 heterocycles. The molecule has 0 aliphatic carbocycles. The standard InChI is InChI=1S/C12H12ClNO2/c1-16-8-10(15)7-14-6-5-9-3-2-4-11(13)12(9)14/h2-6H,7-8H2,1H3. The third kappa shape index (κ3) is 2.10. The Kier molecular flexibility index (Phi) is 3.27. The third-order valence-corrected chi connectivity index (χ3v) is 2.70. The first-order chi connectivity index (χ1) is 7.72. The summed E-state index contributed by atoms with van der Waals surface area (Å²) in [5.41, 5.74) is 0.897. The fourth-order valence-corrected chi connectivity index (χ4v) is 2.03. The monoisotopic (exact) mass is 237 g/mol. The van der Waals surface area contributed by atoms with E-state index in [-0.39, 0.29) is 12.4 Å². The summed E-state index contributed by atoms with van der Waals surface area (Å²) >= 11 is 6.10.